The van der Waals surface area contributed by atoms with Gasteiger partial charge in [-0.1, -0.05) is 0 Å². The first kappa shape index (κ1) is 17.4. The molecule has 1 aromatic rings. The van der Waals surface area contributed by atoms with Crippen molar-refractivity contribution in [2.75, 3.05) is 6.26 Å². The van der Waals surface area contributed by atoms with Gasteiger partial charge in [0.1, 0.15) is 0 Å². The van der Waals surface area contributed by atoms with E-state index >= 15 is 0 Å². The largest absolute Gasteiger partial charge is 0.370 e. The average Bonchev–Trinajstić information content (AvgIpc) is 3.26. The van der Waals surface area contributed by atoms with Gasteiger partial charge in [0.25, 0.3) is 5.91 Å². The average molecular weight is 364 g/mol. The number of carbonyl (C=O) groups is 2. The standard InChI is InChI=1S/C16H20N4O4S/c1-16(8-13(21)19-15(17)18)12-7-10(25(2,23)24)5-6-11(12)14(22)20(16)9-3-4-9/h5-7,9H,3-4,8H2,1-2H3,(H4,17,18,19,21). The number of amides is 2. The van der Waals surface area contributed by atoms with E-state index < -0.39 is 27.2 Å². The summed E-state index contributed by atoms with van der Waals surface area (Å²) in [4.78, 5) is 26.8. The number of rotatable bonds is 4. The van der Waals surface area contributed by atoms with Crippen LogP contribution in [0.5, 0.6) is 0 Å². The lowest BCUT2D eigenvalue weighted by Crippen LogP contribution is -2.47. The second-order valence-electron chi connectivity index (χ2n) is 6.80. The highest BCUT2D eigenvalue weighted by atomic mass is 32.2. The van der Waals surface area contributed by atoms with Gasteiger partial charge in [-0.05, 0) is 43.5 Å². The molecular weight excluding hydrogens is 344 g/mol. The summed E-state index contributed by atoms with van der Waals surface area (Å²) in [5, 5.41) is 9.43. The van der Waals surface area contributed by atoms with Crippen LogP contribution in [0.25, 0.3) is 0 Å². The van der Waals surface area contributed by atoms with Gasteiger partial charge in [-0.15, -0.1) is 0 Å². The van der Waals surface area contributed by atoms with E-state index in [1.807, 2.05) is 0 Å². The summed E-state index contributed by atoms with van der Waals surface area (Å²) in [7, 11) is -3.45. The van der Waals surface area contributed by atoms with Crippen molar-refractivity contribution >= 4 is 27.6 Å². The van der Waals surface area contributed by atoms with Crippen molar-refractivity contribution in [1.82, 2.24) is 10.2 Å². The Hall–Kier alpha value is -2.42. The number of hydrogen-bond donors (Lipinski definition) is 3. The monoisotopic (exact) mass is 364 g/mol. The highest BCUT2D eigenvalue weighted by Crippen LogP contribution is 2.48. The minimum atomic E-state index is -3.45. The van der Waals surface area contributed by atoms with E-state index in [2.05, 4.69) is 5.32 Å². The summed E-state index contributed by atoms with van der Waals surface area (Å²) in [6.45, 7) is 1.75. The third-order valence-corrected chi connectivity index (χ3v) is 5.78. The molecule has 2 aliphatic rings. The smallest absolute Gasteiger partial charge is 0.255 e. The van der Waals surface area contributed by atoms with Crippen LogP contribution >= 0.6 is 0 Å². The van der Waals surface area contributed by atoms with Crippen molar-refractivity contribution in [2.45, 2.75) is 42.7 Å². The zero-order chi connectivity index (χ0) is 18.6. The molecular formula is C16H20N4O4S. The first-order valence-electron chi connectivity index (χ1n) is 7.86. The van der Waals surface area contributed by atoms with Gasteiger partial charge < -0.3 is 10.6 Å². The second-order valence-corrected chi connectivity index (χ2v) is 8.81. The summed E-state index contributed by atoms with van der Waals surface area (Å²) in [6, 6.07) is 4.44. The zero-order valence-corrected chi connectivity index (χ0v) is 14.8. The number of fused-ring (bicyclic) bond motifs is 1. The van der Waals surface area contributed by atoms with Gasteiger partial charge >= 0.3 is 0 Å². The van der Waals surface area contributed by atoms with Crippen LogP contribution in [0.15, 0.2) is 23.1 Å². The lowest BCUT2D eigenvalue weighted by molar-refractivity contribution is -0.122. The Bertz CT molecular complexity index is 891. The number of guanidine groups is 1. The molecule has 1 saturated carbocycles. The molecule has 0 radical (unpaired) electrons. The molecule has 0 saturated heterocycles. The molecule has 4 N–H and O–H groups in total. The maximum absolute atomic E-state index is 12.8. The number of nitrogens with two attached hydrogens (primary N) is 1. The molecule has 1 fully saturated rings. The SMILES string of the molecule is CC1(CC(=O)NC(=N)N)c2cc(S(C)(=O)=O)ccc2C(=O)N1C1CC1. The van der Waals surface area contributed by atoms with Gasteiger partial charge in [-0.2, -0.15) is 0 Å². The number of carbonyl (C=O) groups excluding carboxylic acids is 2. The van der Waals surface area contributed by atoms with E-state index in [0.29, 0.717) is 11.1 Å². The van der Waals surface area contributed by atoms with Gasteiger partial charge in [-0.3, -0.25) is 20.3 Å². The molecule has 0 aromatic heterocycles. The Morgan fingerprint density at radius 2 is 2.08 bits per heavy atom. The van der Waals surface area contributed by atoms with Crippen molar-refractivity contribution in [2.24, 2.45) is 5.73 Å². The van der Waals surface area contributed by atoms with Crippen molar-refractivity contribution in [1.29, 1.82) is 5.41 Å². The molecule has 1 aliphatic carbocycles. The summed E-state index contributed by atoms with van der Waals surface area (Å²) in [5.41, 5.74) is 5.17. The molecule has 9 heteroatoms. The first-order valence-corrected chi connectivity index (χ1v) is 9.75. The lowest BCUT2D eigenvalue weighted by Gasteiger charge is -2.36. The van der Waals surface area contributed by atoms with E-state index in [-0.39, 0.29) is 23.3 Å². The Labute approximate surface area is 145 Å². The van der Waals surface area contributed by atoms with Crippen molar-refractivity contribution in [3.05, 3.63) is 29.3 Å². The Morgan fingerprint density at radius 1 is 1.44 bits per heavy atom. The number of benzene rings is 1. The van der Waals surface area contributed by atoms with Crippen LogP contribution in [0.2, 0.25) is 0 Å². The summed E-state index contributed by atoms with van der Waals surface area (Å²) in [5.74, 6) is -1.16. The zero-order valence-electron chi connectivity index (χ0n) is 14.0. The maximum Gasteiger partial charge on any atom is 0.255 e. The molecule has 25 heavy (non-hydrogen) atoms. The van der Waals surface area contributed by atoms with E-state index in [0.717, 1.165) is 19.1 Å². The number of nitrogens with zero attached hydrogens (tertiary/aromatic N) is 1. The molecule has 0 spiro atoms. The van der Waals surface area contributed by atoms with E-state index in [1.165, 1.54) is 18.2 Å². The van der Waals surface area contributed by atoms with Crippen molar-refractivity contribution in [3.63, 3.8) is 0 Å². The topological polar surface area (TPSA) is 133 Å². The first-order chi connectivity index (χ1) is 11.5. The molecule has 0 bridgehead atoms. The van der Waals surface area contributed by atoms with Gasteiger partial charge in [-0.25, -0.2) is 8.42 Å². The molecule has 8 nitrogen and oxygen atoms in total. The van der Waals surface area contributed by atoms with Crippen LogP contribution < -0.4 is 11.1 Å². The van der Waals surface area contributed by atoms with Crippen LogP contribution in [0.4, 0.5) is 0 Å². The Kier molecular flexibility index (Phi) is 3.86. The fraction of sp³-hybridized carbons (Fsp3) is 0.438. The summed E-state index contributed by atoms with van der Waals surface area (Å²) < 4.78 is 23.8. The normalized spacial score (nSPS) is 22.6. The molecule has 2 amide bonds. The predicted molar refractivity (Wildman–Crippen MR) is 90.8 cm³/mol. The number of sulfone groups is 1. The fourth-order valence-corrected chi connectivity index (χ4v) is 4.11. The molecule has 134 valence electrons. The molecule has 1 heterocycles. The Balaban J connectivity index is 2.10. The number of hydrogen-bond acceptors (Lipinski definition) is 5. The molecule has 1 atom stereocenters. The third kappa shape index (κ3) is 2.99. The third-order valence-electron chi connectivity index (χ3n) is 4.67. The van der Waals surface area contributed by atoms with Gasteiger partial charge in [0, 0.05) is 17.9 Å². The minimum Gasteiger partial charge on any atom is -0.370 e. The number of nitrogens with one attached hydrogen (secondary N) is 2. The maximum atomic E-state index is 12.8. The highest BCUT2D eigenvalue weighted by Gasteiger charge is 2.53. The van der Waals surface area contributed by atoms with Crippen LogP contribution in [0.1, 0.15) is 42.1 Å². The van der Waals surface area contributed by atoms with E-state index in [1.54, 1.807) is 11.8 Å². The van der Waals surface area contributed by atoms with Crippen molar-refractivity contribution in [3.8, 4) is 0 Å². The van der Waals surface area contributed by atoms with E-state index in [9.17, 15) is 18.0 Å². The van der Waals surface area contributed by atoms with Gasteiger partial charge in [0.15, 0.2) is 15.8 Å². The van der Waals surface area contributed by atoms with Crippen LogP contribution in [-0.4, -0.2) is 43.4 Å². The minimum absolute atomic E-state index is 0.0386. The highest BCUT2D eigenvalue weighted by molar-refractivity contribution is 7.90. The molecule has 3 rings (SSSR count). The molecule has 1 aliphatic heterocycles. The van der Waals surface area contributed by atoms with Crippen LogP contribution in [0.3, 0.4) is 0 Å². The van der Waals surface area contributed by atoms with Crippen LogP contribution in [-0.2, 0) is 20.2 Å². The molecule has 1 aromatic carbocycles. The lowest BCUT2D eigenvalue weighted by atomic mass is 9.87. The second kappa shape index (κ2) is 5.55. The van der Waals surface area contributed by atoms with Crippen LogP contribution in [0, 0.1) is 5.41 Å². The van der Waals surface area contributed by atoms with Crippen molar-refractivity contribution < 1.29 is 18.0 Å². The van der Waals surface area contributed by atoms with E-state index in [4.69, 9.17) is 11.1 Å². The Morgan fingerprint density at radius 3 is 2.60 bits per heavy atom. The van der Waals surface area contributed by atoms with Gasteiger partial charge in [0.05, 0.1) is 16.9 Å². The molecule has 1 unspecified atom stereocenters. The predicted octanol–water partition coefficient (Wildman–Crippen LogP) is 0.323. The fourth-order valence-electron chi connectivity index (χ4n) is 3.46. The summed E-state index contributed by atoms with van der Waals surface area (Å²) in [6.07, 6.45) is 2.70. The quantitative estimate of drug-likeness (QED) is 0.523. The van der Waals surface area contributed by atoms with Gasteiger partial charge in [0.2, 0.25) is 5.91 Å². The summed E-state index contributed by atoms with van der Waals surface area (Å²) >= 11 is 0.